The van der Waals surface area contributed by atoms with Crippen LogP contribution in [0.3, 0.4) is 0 Å². The summed E-state index contributed by atoms with van der Waals surface area (Å²) in [5.41, 5.74) is 0.965. The molecule has 0 aliphatic heterocycles. The van der Waals surface area contributed by atoms with E-state index in [0.29, 0.717) is 18.1 Å². The van der Waals surface area contributed by atoms with Gasteiger partial charge in [-0.3, -0.25) is 14.7 Å². The zero-order valence-corrected chi connectivity index (χ0v) is 14.1. The molecule has 0 aliphatic carbocycles. The standard InChI is InChI=1S/C16H16N4O3S/c1-3-19-15(14-8-5-9-23-14)17-18-16(19)24-11(2)12-6-4-7-13(10-12)20(21)22/h4-11H,3H2,1-2H3/t11-/m1/s1. The molecule has 7 nitrogen and oxygen atoms in total. The van der Waals surface area contributed by atoms with Crippen molar-refractivity contribution in [2.75, 3.05) is 0 Å². The number of thioether (sulfide) groups is 1. The number of non-ortho nitro benzene ring substituents is 1. The lowest BCUT2D eigenvalue weighted by Crippen LogP contribution is -2.00. The molecule has 24 heavy (non-hydrogen) atoms. The van der Waals surface area contributed by atoms with E-state index in [9.17, 15) is 10.1 Å². The number of nitrogens with zero attached hydrogens (tertiary/aromatic N) is 4. The highest BCUT2D eigenvalue weighted by Crippen LogP contribution is 2.36. The minimum Gasteiger partial charge on any atom is -0.461 e. The number of hydrogen-bond acceptors (Lipinski definition) is 6. The van der Waals surface area contributed by atoms with Gasteiger partial charge in [0.2, 0.25) is 0 Å². The topological polar surface area (TPSA) is 87.0 Å². The summed E-state index contributed by atoms with van der Waals surface area (Å²) in [5, 5.41) is 20.1. The average molecular weight is 344 g/mol. The maximum absolute atomic E-state index is 10.9. The van der Waals surface area contributed by atoms with Gasteiger partial charge < -0.3 is 4.42 Å². The highest BCUT2D eigenvalue weighted by atomic mass is 32.2. The van der Waals surface area contributed by atoms with E-state index >= 15 is 0 Å². The van der Waals surface area contributed by atoms with Gasteiger partial charge >= 0.3 is 0 Å². The first-order valence-electron chi connectivity index (χ1n) is 7.48. The molecule has 0 saturated carbocycles. The van der Waals surface area contributed by atoms with Gasteiger partial charge in [-0.1, -0.05) is 23.9 Å². The largest absolute Gasteiger partial charge is 0.461 e. The summed E-state index contributed by atoms with van der Waals surface area (Å²) in [7, 11) is 0. The van der Waals surface area contributed by atoms with E-state index in [4.69, 9.17) is 4.42 Å². The van der Waals surface area contributed by atoms with Crippen molar-refractivity contribution >= 4 is 17.4 Å². The molecule has 0 fully saturated rings. The van der Waals surface area contributed by atoms with E-state index in [1.807, 2.05) is 36.6 Å². The predicted octanol–water partition coefficient (Wildman–Crippen LogP) is 4.32. The van der Waals surface area contributed by atoms with Gasteiger partial charge in [-0.05, 0) is 31.5 Å². The molecule has 0 unspecified atom stereocenters. The highest BCUT2D eigenvalue weighted by molar-refractivity contribution is 7.99. The Labute approximate surface area is 142 Å². The van der Waals surface area contributed by atoms with Gasteiger partial charge in [0.15, 0.2) is 16.7 Å². The van der Waals surface area contributed by atoms with Crippen molar-refractivity contribution < 1.29 is 9.34 Å². The molecule has 2 heterocycles. The summed E-state index contributed by atoms with van der Waals surface area (Å²) in [5.74, 6) is 1.34. The molecule has 0 spiro atoms. The van der Waals surface area contributed by atoms with Crippen LogP contribution in [0, 0.1) is 10.1 Å². The molecule has 0 saturated heterocycles. The molecular formula is C16H16N4O3S. The minimum atomic E-state index is -0.384. The molecule has 3 aromatic rings. The Bertz CT molecular complexity index is 845. The molecule has 8 heteroatoms. The highest BCUT2D eigenvalue weighted by Gasteiger charge is 2.19. The zero-order valence-electron chi connectivity index (χ0n) is 13.2. The summed E-state index contributed by atoms with van der Waals surface area (Å²) in [6.07, 6.45) is 1.60. The molecule has 124 valence electrons. The Morgan fingerprint density at radius 2 is 2.17 bits per heavy atom. The van der Waals surface area contributed by atoms with E-state index < -0.39 is 0 Å². The van der Waals surface area contributed by atoms with Crippen LogP contribution in [0.5, 0.6) is 0 Å². The van der Waals surface area contributed by atoms with Gasteiger partial charge in [-0.15, -0.1) is 10.2 Å². The van der Waals surface area contributed by atoms with Crippen LogP contribution in [0.4, 0.5) is 5.69 Å². The zero-order chi connectivity index (χ0) is 17.1. The molecule has 2 aromatic heterocycles. The fraction of sp³-hybridized carbons (Fsp3) is 0.250. The quantitative estimate of drug-likeness (QED) is 0.376. The van der Waals surface area contributed by atoms with Crippen LogP contribution in [0.15, 0.2) is 52.2 Å². The molecule has 0 aliphatic rings. The molecule has 1 atom stereocenters. The molecule has 0 bridgehead atoms. The van der Waals surface area contributed by atoms with E-state index in [1.165, 1.54) is 17.8 Å². The summed E-state index contributed by atoms with van der Waals surface area (Å²) in [6.45, 7) is 4.70. The lowest BCUT2D eigenvalue weighted by atomic mass is 10.1. The molecule has 1 aromatic carbocycles. The van der Waals surface area contributed by atoms with Crippen molar-refractivity contribution in [3.8, 4) is 11.6 Å². The van der Waals surface area contributed by atoms with Crippen molar-refractivity contribution in [3.05, 3.63) is 58.3 Å². The normalized spacial score (nSPS) is 12.2. The first-order chi connectivity index (χ1) is 11.6. The third-order valence-electron chi connectivity index (χ3n) is 3.61. The van der Waals surface area contributed by atoms with Gasteiger partial charge in [0.05, 0.1) is 11.2 Å². The second-order valence-electron chi connectivity index (χ2n) is 5.14. The number of aromatic nitrogens is 3. The summed E-state index contributed by atoms with van der Waals surface area (Å²) in [6, 6.07) is 10.3. The lowest BCUT2D eigenvalue weighted by molar-refractivity contribution is -0.384. The fourth-order valence-electron chi connectivity index (χ4n) is 2.37. The third-order valence-corrected chi connectivity index (χ3v) is 4.75. The van der Waals surface area contributed by atoms with Crippen LogP contribution in [0.1, 0.15) is 24.7 Å². The Hall–Kier alpha value is -2.61. The van der Waals surface area contributed by atoms with Crippen molar-refractivity contribution in [2.24, 2.45) is 0 Å². The molecule has 3 rings (SSSR count). The van der Waals surface area contributed by atoms with Crippen LogP contribution in [0.2, 0.25) is 0 Å². The Morgan fingerprint density at radius 3 is 2.83 bits per heavy atom. The second kappa shape index (κ2) is 6.88. The molecule has 0 amide bonds. The van der Waals surface area contributed by atoms with Gasteiger partial charge in [-0.25, -0.2) is 0 Å². The van der Waals surface area contributed by atoms with Gasteiger partial charge in [0, 0.05) is 23.9 Å². The number of benzene rings is 1. The Kier molecular flexibility index (Phi) is 4.66. The number of nitro groups is 1. The number of furan rings is 1. The maximum atomic E-state index is 10.9. The van der Waals surface area contributed by atoms with Gasteiger partial charge in [0.1, 0.15) is 0 Å². The van der Waals surface area contributed by atoms with Crippen LogP contribution < -0.4 is 0 Å². The Morgan fingerprint density at radius 1 is 1.33 bits per heavy atom. The monoisotopic (exact) mass is 344 g/mol. The van der Waals surface area contributed by atoms with Crippen molar-refractivity contribution in [3.63, 3.8) is 0 Å². The summed E-state index contributed by atoms with van der Waals surface area (Å²) < 4.78 is 7.37. The van der Waals surface area contributed by atoms with E-state index in [2.05, 4.69) is 10.2 Å². The van der Waals surface area contributed by atoms with E-state index in [-0.39, 0.29) is 15.9 Å². The van der Waals surface area contributed by atoms with Gasteiger partial charge in [-0.2, -0.15) is 0 Å². The maximum Gasteiger partial charge on any atom is 0.269 e. The number of rotatable bonds is 6. The molecule has 0 radical (unpaired) electrons. The summed E-state index contributed by atoms with van der Waals surface area (Å²) in [4.78, 5) is 10.5. The average Bonchev–Trinajstić information content (AvgIpc) is 3.23. The first-order valence-corrected chi connectivity index (χ1v) is 8.36. The van der Waals surface area contributed by atoms with E-state index in [0.717, 1.165) is 10.7 Å². The fourth-order valence-corrected chi connectivity index (χ4v) is 3.40. The van der Waals surface area contributed by atoms with E-state index in [1.54, 1.807) is 18.4 Å². The number of hydrogen-bond donors (Lipinski definition) is 0. The summed E-state index contributed by atoms with van der Waals surface area (Å²) >= 11 is 1.51. The van der Waals surface area contributed by atoms with Crippen LogP contribution in [-0.2, 0) is 6.54 Å². The van der Waals surface area contributed by atoms with Crippen LogP contribution in [-0.4, -0.2) is 19.7 Å². The molecular weight excluding hydrogens is 328 g/mol. The van der Waals surface area contributed by atoms with Crippen molar-refractivity contribution in [1.29, 1.82) is 0 Å². The number of nitro benzene ring substituents is 1. The predicted molar refractivity (Wildman–Crippen MR) is 90.8 cm³/mol. The lowest BCUT2D eigenvalue weighted by Gasteiger charge is -2.12. The van der Waals surface area contributed by atoms with Crippen molar-refractivity contribution in [2.45, 2.75) is 30.8 Å². The molecule has 0 N–H and O–H groups in total. The smallest absolute Gasteiger partial charge is 0.269 e. The first kappa shape index (κ1) is 16.3. The minimum absolute atomic E-state index is 0.00357. The van der Waals surface area contributed by atoms with Crippen LogP contribution >= 0.6 is 11.8 Å². The van der Waals surface area contributed by atoms with Crippen LogP contribution in [0.25, 0.3) is 11.6 Å². The Balaban J connectivity index is 1.86. The van der Waals surface area contributed by atoms with Crippen molar-refractivity contribution in [1.82, 2.24) is 14.8 Å². The second-order valence-corrected chi connectivity index (χ2v) is 6.45. The third kappa shape index (κ3) is 3.18. The SMILES string of the molecule is CCn1c(S[C@H](C)c2cccc([N+](=O)[O-])c2)nnc1-c1ccco1. The van der Waals surface area contributed by atoms with Gasteiger partial charge in [0.25, 0.3) is 5.69 Å².